The van der Waals surface area contributed by atoms with E-state index in [0.717, 1.165) is 64.7 Å². The van der Waals surface area contributed by atoms with Gasteiger partial charge in [-0.1, -0.05) is 25.3 Å². The number of pyridine rings is 1. The van der Waals surface area contributed by atoms with Crippen molar-refractivity contribution >= 4 is 44.7 Å². The number of phenols is 1. The molecule has 1 amide bonds. The number of benzene rings is 3. The number of rotatable bonds is 7. The van der Waals surface area contributed by atoms with E-state index in [-0.39, 0.29) is 12.2 Å². The summed E-state index contributed by atoms with van der Waals surface area (Å²) in [5.74, 6) is -0.676. The first-order valence-corrected chi connectivity index (χ1v) is 15.1. The number of hydrogen-bond donors (Lipinski definition) is 4. The molecule has 6 aromatic rings. The normalized spacial score (nSPS) is 14.8. The number of H-pyrrole nitrogens is 1. The van der Waals surface area contributed by atoms with Gasteiger partial charge in [0.2, 0.25) is 0 Å². The van der Waals surface area contributed by atoms with Gasteiger partial charge in [-0.05, 0) is 86.0 Å². The molecule has 222 valence electrons. The van der Waals surface area contributed by atoms with Crippen LogP contribution in [0.2, 0.25) is 0 Å². The Hall–Kier alpha value is -5.18. The lowest BCUT2D eigenvalue weighted by Crippen LogP contribution is -2.42. The quantitative estimate of drug-likeness (QED) is 0.165. The van der Waals surface area contributed by atoms with Gasteiger partial charge in [0.15, 0.2) is 0 Å². The number of imidazole rings is 1. The molecule has 4 N–H and O–H groups in total. The maximum Gasteiger partial charge on any atom is 0.326 e. The van der Waals surface area contributed by atoms with Crippen molar-refractivity contribution in [1.29, 1.82) is 0 Å². The summed E-state index contributed by atoms with van der Waals surface area (Å²) < 4.78 is 2.32. The Morgan fingerprint density at radius 3 is 2.64 bits per heavy atom. The minimum absolute atomic E-state index is 0.0591. The zero-order valence-electron chi connectivity index (χ0n) is 24.4. The Morgan fingerprint density at radius 1 is 0.977 bits per heavy atom. The summed E-state index contributed by atoms with van der Waals surface area (Å²) in [4.78, 5) is 38.4. The van der Waals surface area contributed by atoms with Crippen LogP contribution in [0.25, 0.3) is 44.2 Å². The summed E-state index contributed by atoms with van der Waals surface area (Å²) in [6.07, 6.45) is 7.47. The molecule has 3 aromatic heterocycles. The number of carbonyl (C=O) groups excluding carboxylic acids is 1. The molecule has 0 bridgehead atoms. The fourth-order valence-corrected chi connectivity index (χ4v) is 6.52. The van der Waals surface area contributed by atoms with E-state index >= 15 is 0 Å². The Balaban J connectivity index is 1.22. The van der Waals surface area contributed by atoms with Gasteiger partial charge in [-0.2, -0.15) is 0 Å². The predicted octanol–water partition coefficient (Wildman–Crippen LogP) is 6.68. The second-order valence-electron chi connectivity index (χ2n) is 11.8. The third kappa shape index (κ3) is 5.15. The fraction of sp³-hybridized carbons (Fsp3) is 0.257. The van der Waals surface area contributed by atoms with E-state index < -0.39 is 17.9 Å². The van der Waals surface area contributed by atoms with E-state index in [1.54, 1.807) is 36.5 Å². The first-order valence-electron chi connectivity index (χ1n) is 15.1. The molecular weight excluding hydrogens is 554 g/mol. The number of fused-ring (bicyclic) bond motifs is 3. The van der Waals surface area contributed by atoms with Crippen molar-refractivity contribution in [2.24, 2.45) is 0 Å². The highest BCUT2D eigenvalue weighted by molar-refractivity contribution is 6.00. The van der Waals surface area contributed by atoms with E-state index in [1.165, 1.54) is 6.42 Å². The van der Waals surface area contributed by atoms with Crippen LogP contribution >= 0.6 is 0 Å². The first kappa shape index (κ1) is 27.6. The highest BCUT2D eigenvalue weighted by atomic mass is 16.4. The van der Waals surface area contributed by atoms with E-state index in [2.05, 4.69) is 38.1 Å². The average Bonchev–Trinajstić information content (AvgIpc) is 3.61. The molecule has 9 heteroatoms. The van der Waals surface area contributed by atoms with Gasteiger partial charge < -0.3 is 25.1 Å². The van der Waals surface area contributed by atoms with Crippen LogP contribution in [0.1, 0.15) is 59.8 Å². The topological polar surface area (TPSA) is 133 Å². The molecule has 0 radical (unpaired) electrons. The summed E-state index contributed by atoms with van der Waals surface area (Å²) in [5, 5.41) is 24.3. The minimum Gasteiger partial charge on any atom is -0.508 e. The second-order valence-corrected chi connectivity index (χ2v) is 11.8. The molecule has 1 atom stereocenters. The van der Waals surface area contributed by atoms with E-state index in [1.807, 2.05) is 25.1 Å². The smallest absolute Gasteiger partial charge is 0.326 e. The third-order valence-electron chi connectivity index (χ3n) is 8.76. The first-order chi connectivity index (χ1) is 21.3. The molecule has 0 saturated heterocycles. The summed E-state index contributed by atoms with van der Waals surface area (Å²) in [6.45, 7) is 1.98. The van der Waals surface area contributed by atoms with Gasteiger partial charge in [0.25, 0.3) is 5.91 Å². The average molecular weight is 588 g/mol. The number of aromatic nitrogens is 4. The van der Waals surface area contributed by atoms with Crippen molar-refractivity contribution in [3.8, 4) is 17.1 Å². The number of nitrogens with zero attached hydrogens (tertiary/aromatic N) is 3. The molecule has 0 spiro atoms. The van der Waals surface area contributed by atoms with E-state index in [0.29, 0.717) is 28.1 Å². The van der Waals surface area contributed by atoms with Gasteiger partial charge >= 0.3 is 5.97 Å². The van der Waals surface area contributed by atoms with Crippen molar-refractivity contribution in [2.45, 2.75) is 57.5 Å². The lowest BCUT2D eigenvalue weighted by molar-refractivity contribution is -0.139. The molecule has 0 aliphatic heterocycles. The minimum atomic E-state index is -1.16. The van der Waals surface area contributed by atoms with Crippen LogP contribution in [0.3, 0.4) is 0 Å². The van der Waals surface area contributed by atoms with Gasteiger partial charge in [-0.3, -0.25) is 9.78 Å². The number of phenolic OH excluding ortho intramolecular Hbond substituents is 1. The number of amides is 1. The monoisotopic (exact) mass is 587 g/mol. The zero-order valence-corrected chi connectivity index (χ0v) is 24.4. The number of carboxylic acid groups (broad SMARTS) is 1. The lowest BCUT2D eigenvalue weighted by atomic mass is 9.94. The number of carbonyl (C=O) groups is 2. The van der Waals surface area contributed by atoms with Crippen molar-refractivity contribution in [2.75, 3.05) is 0 Å². The highest BCUT2D eigenvalue weighted by Crippen LogP contribution is 2.37. The SMILES string of the molecule is Cc1ccc2cc(-c3nc4cc(C(=O)N[C@@H](Cc5c[nH]c6ccc(O)cc56)C(=O)O)ccc4n3C3CCCCC3)ccc2n1. The number of nitrogens with one attached hydrogen (secondary N) is 2. The molecular formula is C35H33N5O4. The summed E-state index contributed by atoms with van der Waals surface area (Å²) in [5.41, 5.74) is 6.36. The van der Waals surface area contributed by atoms with Crippen LogP contribution < -0.4 is 5.32 Å². The molecule has 44 heavy (non-hydrogen) atoms. The molecule has 3 heterocycles. The molecule has 3 aromatic carbocycles. The Labute approximate surface area is 253 Å². The van der Waals surface area contributed by atoms with Gasteiger partial charge in [0, 0.05) is 51.8 Å². The second kappa shape index (κ2) is 11.1. The maximum absolute atomic E-state index is 13.4. The molecule has 1 saturated carbocycles. The molecule has 0 unspecified atom stereocenters. The largest absolute Gasteiger partial charge is 0.508 e. The third-order valence-corrected chi connectivity index (χ3v) is 8.76. The van der Waals surface area contributed by atoms with Crippen LogP contribution in [-0.2, 0) is 11.2 Å². The van der Waals surface area contributed by atoms with E-state index in [9.17, 15) is 19.8 Å². The van der Waals surface area contributed by atoms with Crippen LogP contribution in [0.4, 0.5) is 0 Å². The number of aryl methyl sites for hydroxylation is 1. The van der Waals surface area contributed by atoms with Gasteiger partial charge in [0.05, 0.1) is 16.6 Å². The summed E-state index contributed by atoms with van der Waals surface area (Å²) in [7, 11) is 0. The number of carboxylic acids is 1. The van der Waals surface area contributed by atoms with Crippen molar-refractivity contribution in [3.63, 3.8) is 0 Å². The summed E-state index contributed by atoms with van der Waals surface area (Å²) in [6, 6.07) is 19.8. The maximum atomic E-state index is 13.4. The Bertz CT molecular complexity index is 2050. The number of aliphatic carboxylic acids is 1. The standard InChI is InChI=1S/C35H33N5O4/c1-20-7-8-21-15-22(9-12-28(21)37-20)33-38-30-16-23(10-14-32(30)40(33)25-5-3-2-4-6-25)34(42)39-31(35(43)44)17-24-19-36-29-13-11-26(41)18-27(24)29/h7-16,18-19,25,31,36,41H,2-6,17H2,1H3,(H,39,42)(H,43,44)/t31-/m0/s1. The highest BCUT2D eigenvalue weighted by Gasteiger charge is 2.26. The zero-order chi connectivity index (χ0) is 30.4. The Kier molecular flexibility index (Phi) is 7.00. The number of aromatic hydroxyl groups is 1. The van der Waals surface area contributed by atoms with E-state index in [4.69, 9.17) is 4.98 Å². The molecule has 7 rings (SSSR count). The molecule has 1 aliphatic carbocycles. The predicted molar refractivity (Wildman–Crippen MR) is 170 cm³/mol. The van der Waals surface area contributed by atoms with Crippen LogP contribution in [-0.4, -0.2) is 47.7 Å². The van der Waals surface area contributed by atoms with Gasteiger partial charge in [-0.15, -0.1) is 0 Å². The van der Waals surface area contributed by atoms with Crippen LogP contribution in [0.15, 0.2) is 72.9 Å². The fourth-order valence-electron chi connectivity index (χ4n) is 6.52. The van der Waals surface area contributed by atoms with Crippen molar-refractivity contribution in [1.82, 2.24) is 24.8 Å². The molecule has 9 nitrogen and oxygen atoms in total. The van der Waals surface area contributed by atoms with Crippen molar-refractivity contribution < 1.29 is 19.8 Å². The van der Waals surface area contributed by atoms with Crippen LogP contribution in [0.5, 0.6) is 5.75 Å². The van der Waals surface area contributed by atoms with Crippen molar-refractivity contribution in [3.05, 3.63) is 89.7 Å². The van der Waals surface area contributed by atoms with Gasteiger partial charge in [-0.25, -0.2) is 9.78 Å². The molecule has 1 aliphatic rings. The number of aromatic amines is 1. The lowest BCUT2D eigenvalue weighted by Gasteiger charge is -2.25. The summed E-state index contributed by atoms with van der Waals surface area (Å²) >= 11 is 0. The number of hydrogen-bond acceptors (Lipinski definition) is 5. The Morgan fingerprint density at radius 2 is 1.82 bits per heavy atom. The van der Waals surface area contributed by atoms with Crippen LogP contribution in [0, 0.1) is 6.92 Å². The molecule has 1 fully saturated rings. The van der Waals surface area contributed by atoms with Gasteiger partial charge in [0.1, 0.15) is 17.6 Å².